The second-order valence-electron chi connectivity index (χ2n) is 7.45. The van der Waals surface area contributed by atoms with E-state index in [1.165, 1.54) is 33.6 Å². The predicted octanol–water partition coefficient (Wildman–Crippen LogP) is 2.19. The molecule has 0 radical (unpaired) electrons. The van der Waals surface area contributed by atoms with E-state index in [1.807, 2.05) is 0 Å². The number of halogens is 1. The fourth-order valence-corrected chi connectivity index (χ4v) is 4.10. The number of H-pyrrole nitrogens is 1. The van der Waals surface area contributed by atoms with Gasteiger partial charge >= 0.3 is 0 Å². The van der Waals surface area contributed by atoms with Crippen molar-refractivity contribution in [3.8, 4) is 0 Å². The maximum absolute atomic E-state index is 14.1. The number of carbonyl (C=O) groups is 2. The molecule has 0 bridgehead atoms. The lowest BCUT2D eigenvalue weighted by Crippen LogP contribution is -2.43. The molecule has 1 aliphatic heterocycles. The van der Waals surface area contributed by atoms with Crippen LogP contribution in [0.3, 0.4) is 0 Å². The first-order valence-corrected chi connectivity index (χ1v) is 9.79. The van der Waals surface area contributed by atoms with Gasteiger partial charge in [0.25, 0.3) is 11.5 Å². The third kappa shape index (κ3) is 2.89. The average Bonchev–Trinajstić information content (AvgIpc) is 3.37. The molecule has 2 amide bonds. The van der Waals surface area contributed by atoms with Crippen LogP contribution in [0.15, 0.2) is 59.5 Å². The van der Waals surface area contributed by atoms with Crippen molar-refractivity contribution in [2.24, 2.45) is 0 Å². The van der Waals surface area contributed by atoms with Crippen LogP contribution >= 0.6 is 0 Å². The van der Waals surface area contributed by atoms with Gasteiger partial charge in [-0.3, -0.25) is 14.4 Å². The van der Waals surface area contributed by atoms with Crippen LogP contribution in [-0.4, -0.2) is 50.9 Å². The zero-order valence-corrected chi connectivity index (χ0v) is 16.6. The Bertz CT molecular complexity index is 1410. The molecule has 1 N–H and O–H groups in total. The van der Waals surface area contributed by atoms with Crippen molar-refractivity contribution in [3.63, 3.8) is 0 Å². The number of hydrogen-bond donors (Lipinski definition) is 1. The number of nitrogens with one attached hydrogen (secondary N) is 1. The second-order valence-corrected chi connectivity index (χ2v) is 7.45. The average molecular weight is 419 g/mol. The zero-order chi connectivity index (χ0) is 21.7. The predicted molar refractivity (Wildman–Crippen MR) is 113 cm³/mol. The number of likely N-dealkylation sites (N-methyl/N-ethyl adjacent to an activating group) is 1. The Balaban J connectivity index is 1.48. The summed E-state index contributed by atoms with van der Waals surface area (Å²) in [5, 5.41) is 4.72. The van der Waals surface area contributed by atoms with Gasteiger partial charge in [-0.2, -0.15) is 5.10 Å². The molecule has 5 rings (SSSR count). The molecule has 1 atom stereocenters. The van der Waals surface area contributed by atoms with E-state index >= 15 is 0 Å². The highest BCUT2D eigenvalue weighted by Crippen LogP contribution is 2.27. The summed E-state index contributed by atoms with van der Waals surface area (Å²) in [6.45, 7) is 0.304. The molecule has 2 aromatic carbocycles. The van der Waals surface area contributed by atoms with Gasteiger partial charge in [0, 0.05) is 13.6 Å². The number of aromatic amines is 1. The number of fused-ring (bicyclic) bond motifs is 3. The van der Waals surface area contributed by atoms with Crippen LogP contribution in [-0.2, 0) is 4.79 Å². The molecule has 156 valence electrons. The van der Waals surface area contributed by atoms with Crippen molar-refractivity contribution in [1.82, 2.24) is 19.5 Å². The fourth-order valence-electron chi connectivity index (χ4n) is 4.10. The quantitative estimate of drug-likeness (QED) is 0.551. The number of benzene rings is 2. The van der Waals surface area contributed by atoms with Crippen molar-refractivity contribution >= 4 is 34.1 Å². The first-order valence-electron chi connectivity index (χ1n) is 9.79. The summed E-state index contributed by atoms with van der Waals surface area (Å²) in [6, 6.07) is 12.3. The van der Waals surface area contributed by atoms with Crippen LogP contribution in [0.1, 0.15) is 16.8 Å². The maximum Gasteiger partial charge on any atom is 0.259 e. The summed E-state index contributed by atoms with van der Waals surface area (Å²) < 4.78 is 15.6. The maximum atomic E-state index is 14.1. The summed E-state index contributed by atoms with van der Waals surface area (Å²) in [5.74, 6) is -1.29. The summed E-state index contributed by atoms with van der Waals surface area (Å²) in [7, 11) is 1.53. The highest BCUT2D eigenvalue weighted by atomic mass is 19.1. The van der Waals surface area contributed by atoms with Crippen molar-refractivity contribution < 1.29 is 14.0 Å². The molecule has 8 nitrogen and oxygen atoms in total. The molecule has 2 aromatic heterocycles. The van der Waals surface area contributed by atoms with Crippen LogP contribution in [0.4, 0.5) is 10.1 Å². The Kier molecular flexibility index (Phi) is 4.32. The van der Waals surface area contributed by atoms with Gasteiger partial charge in [-0.25, -0.2) is 8.91 Å². The molecule has 0 saturated carbocycles. The van der Waals surface area contributed by atoms with E-state index in [0.29, 0.717) is 23.9 Å². The van der Waals surface area contributed by atoms with Crippen molar-refractivity contribution in [2.75, 3.05) is 18.5 Å². The van der Waals surface area contributed by atoms with Crippen LogP contribution in [0, 0.1) is 5.82 Å². The molecule has 1 saturated heterocycles. The van der Waals surface area contributed by atoms with Gasteiger partial charge < -0.3 is 14.8 Å². The molecule has 1 fully saturated rings. The minimum atomic E-state index is -0.741. The number of anilines is 1. The van der Waals surface area contributed by atoms with Crippen molar-refractivity contribution in [2.45, 2.75) is 12.5 Å². The van der Waals surface area contributed by atoms with Crippen LogP contribution < -0.4 is 10.5 Å². The molecule has 0 aliphatic carbocycles. The van der Waals surface area contributed by atoms with Crippen LogP contribution in [0.2, 0.25) is 0 Å². The van der Waals surface area contributed by atoms with Crippen LogP contribution in [0.25, 0.3) is 16.6 Å². The second kappa shape index (κ2) is 7.05. The third-order valence-electron chi connectivity index (χ3n) is 5.72. The minimum absolute atomic E-state index is 0.183. The molecule has 4 aromatic rings. The van der Waals surface area contributed by atoms with Gasteiger partial charge in [-0.15, -0.1) is 0 Å². The Morgan fingerprint density at radius 2 is 1.90 bits per heavy atom. The van der Waals surface area contributed by atoms with E-state index in [2.05, 4.69) is 10.1 Å². The van der Waals surface area contributed by atoms with Gasteiger partial charge in [-0.1, -0.05) is 24.3 Å². The van der Waals surface area contributed by atoms with E-state index in [4.69, 9.17) is 0 Å². The largest absolute Gasteiger partial charge is 0.329 e. The summed E-state index contributed by atoms with van der Waals surface area (Å²) in [6.07, 6.45) is 1.75. The number of amides is 2. The number of para-hydroxylation sites is 2. The first kappa shape index (κ1) is 19.0. The monoisotopic (exact) mass is 419 g/mol. The fraction of sp³-hybridized carbons (Fsp3) is 0.182. The lowest BCUT2D eigenvalue weighted by atomic mass is 10.2. The molecule has 31 heavy (non-hydrogen) atoms. The van der Waals surface area contributed by atoms with Gasteiger partial charge in [0.05, 0.1) is 22.8 Å². The number of carbonyl (C=O) groups excluding carboxylic acids is 2. The summed E-state index contributed by atoms with van der Waals surface area (Å²) >= 11 is 0. The molecule has 9 heteroatoms. The number of hydrogen-bond acceptors (Lipinski definition) is 4. The smallest absolute Gasteiger partial charge is 0.259 e. The topological polar surface area (TPSA) is 90.8 Å². The Hall–Kier alpha value is -4.01. The van der Waals surface area contributed by atoms with E-state index < -0.39 is 17.8 Å². The van der Waals surface area contributed by atoms with E-state index in [9.17, 15) is 18.8 Å². The van der Waals surface area contributed by atoms with E-state index in [1.54, 1.807) is 42.5 Å². The summed E-state index contributed by atoms with van der Waals surface area (Å²) in [5.41, 5.74) is 0.885. The Morgan fingerprint density at radius 3 is 2.71 bits per heavy atom. The van der Waals surface area contributed by atoms with Gasteiger partial charge in [0.2, 0.25) is 5.91 Å². The highest BCUT2D eigenvalue weighted by molar-refractivity contribution is 6.06. The minimum Gasteiger partial charge on any atom is -0.329 e. The van der Waals surface area contributed by atoms with Gasteiger partial charge in [0.15, 0.2) is 0 Å². The number of nitrogens with zero attached hydrogens (tertiary/aromatic N) is 4. The Morgan fingerprint density at radius 1 is 1.16 bits per heavy atom. The standard InChI is InChI=1S/C22H18FN5O3/c1-26(18-10-11-27(22(18)31)17-9-5-3-7-15(17)23)21(30)14-12-24-28-16-8-4-2-6-13(16)20(29)25-19(14)28/h2-9,12,18H,10-11H2,1H3,(H,25,29). The lowest BCUT2D eigenvalue weighted by molar-refractivity contribution is -0.120. The molecule has 3 heterocycles. The van der Waals surface area contributed by atoms with Gasteiger partial charge in [0.1, 0.15) is 23.1 Å². The van der Waals surface area contributed by atoms with Gasteiger partial charge in [-0.05, 0) is 30.7 Å². The Labute approximate surface area is 175 Å². The zero-order valence-electron chi connectivity index (χ0n) is 16.6. The molecule has 0 spiro atoms. The molecular weight excluding hydrogens is 401 g/mol. The normalized spacial score (nSPS) is 16.4. The number of aromatic nitrogens is 3. The van der Waals surface area contributed by atoms with E-state index in [0.717, 1.165) is 0 Å². The summed E-state index contributed by atoms with van der Waals surface area (Å²) in [4.78, 5) is 44.0. The first-order chi connectivity index (χ1) is 15.0. The molecule has 1 aliphatic rings. The number of rotatable bonds is 3. The van der Waals surface area contributed by atoms with E-state index in [-0.39, 0.29) is 28.4 Å². The lowest BCUT2D eigenvalue weighted by Gasteiger charge is -2.24. The molecular formula is C22H18FN5O3. The van der Waals surface area contributed by atoms with Crippen molar-refractivity contribution in [3.05, 3.63) is 76.5 Å². The van der Waals surface area contributed by atoms with Crippen molar-refractivity contribution in [1.29, 1.82) is 0 Å². The molecule has 1 unspecified atom stereocenters. The van der Waals surface area contributed by atoms with Crippen LogP contribution in [0.5, 0.6) is 0 Å². The highest BCUT2D eigenvalue weighted by Gasteiger charge is 2.38. The third-order valence-corrected chi connectivity index (χ3v) is 5.72. The SMILES string of the molecule is CN(C(=O)c1cnn2c1[nH]c(=O)c1ccccc12)C1CCN(c2ccccc2F)C1=O.